The molecule has 0 aromatic heterocycles. The van der Waals surface area contributed by atoms with Gasteiger partial charge in [0.05, 0.1) is 6.61 Å². The van der Waals surface area contributed by atoms with Gasteiger partial charge in [0, 0.05) is 4.47 Å². The van der Waals surface area contributed by atoms with Crippen LogP contribution in [0.5, 0.6) is 5.75 Å². The van der Waals surface area contributed by atoms with Crippen molar-refractivity contribution in [1.29, 1.82) is 0 Å². The van der Waals surface area contributed by atoms with Crippen molar-refractivity contribution >= 4 is 21.9 Å². The van der Waals surface area contributed by atoms with Gasteiger partial charge in [-0.2, -0.15) is 0 Å². The molecule has 0 heterocycles. The number of esters is 1. The Labute approximate surface area is 139 Å². The standard InChI is InChI=1S/C18H19BrO3/c1-2-3-11-21-17-10-9-15(19)12-16(17)18(20)22-13-14-7-5-4-6-8-14/h4-10,12H,2-3,11,13H2,1H3. The fraction of sp³-hybridized carbons (Fsp3) is 0.278. The number of benzene rings is 2. The zero-order chi connectivity index (χ0) is 15.8. The van der Waals surface area contributed by atoms with Crippen LogP contribution in [-0.4, -0.2) is 12.6 Å². The molecule has 0 saturated heterocycles. The lowest BCUT2D eigenvalue weighted by molar-refractivity contribution is 0.0468. The van der Waals surface area contributed by atoms with Crippen molar-refractivity contribution in [2.75, 3.05) is 6.61 Å². The summed E-state index contributed by atoms with van der Waals surface area (Å²) in [5, 5.41) is 0. The van der Waals surface area contributed by atoms with Crippen LogP contribution in [0.2, 0.25) is 0 Å². The number of halogens is 1. The zero-order valence-corrected chi connectivity index (χ0v) is 14.1. The molecule has 0 spiro atoms. The van der Waals surface area contributed by atoms with E-state index in [1.54, 1.807) is 12.1 Å². The third-order valence-corrected chi connectivity index (χ3v) is 3.62. The molecule has 0 aliphatic carbocycles. The number of hydrogen-bond donors (Lipinski definition) is 0. The zero-order valence-electron chi connectivity index (χ0n) is 12.5. The molecule has 116 valence electrons. The molecule has 0 radical (unpaired) electrons. The molecule has 4 heteroatoms. The maximum atomic E-state index is 12.3. The Bertz CT molecular complexity index is 611. The Morgan fingerprint density at radius 2 is 1.91 bits per heavy atom. The highest BCUT2D eigenvalue weighted by Crippen LogP contribution is 2.24. The summed E-state index contributed by atoms with van der Waals surface area (Å²) < 4.78 is 11.9. The molecule has 0 fully saturated rings. The van der Waals surface area contributed by atoms with E-state index in [2.05, 4.69) is 22.9 Å². The molecule has 22 heavy (non-hydrogen) atoms. The maximum absolute atomic E-state index is 12.3. The second-order valence-electron chi connectivity index (χ2n) is 4.90. The summed E-state index contributed by atoms with van der Waals surface area (Å²) >= 11 is 3.38. The van der Waals surface area contributed by atoms with Gasteiger partial charge in [-0.3, -0.25) is 0 Å². The molecule has 0 N–H and O–H groups in total. The molecule has 2 aromatic rings. The van der Waals surface area contributed by atoms with Crippen LogP contribution in [-0.2, 0) is 11.3 Å². The number of carbonyl (C=O) groups is 1. The van der Waals surface area contributed by atoms with Gasteiger partial charge in [-0.15, -0.1) is 0 Å². The summed E-state index contributed by atoms with van der Waals surface area (Å²) in [6, 6.07) is 15.0. The Morgan fingerprint density at radius 1 is 1.14 bits per heavy atom. The van der Waals surface area contributed by atoms with E-state index >= 15 is 0 Å². The highest BCUT2D eigenvalue weighted by atomic mass is 79.9. The Kier molecular flexibility index (Phi) is 6.46. The summed E-state index contributed by atoms with van der Waals surface area (Å²) in [6.45, 7) is 2.94. The Hall–Kier alpha value is -1.81. The van der Waals surface area contributed by atoms with E-state index in [0.29, 0.717) is 17.9 Å². The molecule has 2 rings (SSSR count). The van der Waals surface area contributed by atoms with Gasteiger partial charge in [-0.25, -0.2) is 4.79 Å². The SMILES string of the molecule is CCCCOc1ccc(Br)cc1C(=O)OCc1ccccc1. The molecule has 0 aliphatic rings. The highest BCUT2D eigenvalue weighted by Gasteiger charge is 2.15. The molecular formula is C18H19BrO3. The van der Waals surface area contributed by atoms with Gasteiger partial charge in [-0.1, -0.05) is 59.6 Å². The lowest BCUT2D eigenvalue weighted by Crippen LogP contribution is -2.09. The largest absolute Gasteiger partial charge is 0.493 e. The maximum Gasteiger partial charge on any atom is 0.342 e. The average molecular weight is 363 g/mol. The van der Waals surface area contributed by atoms with Crippen molar-refractivity contribution in [3.05, 3.63) is 64.1 Å². The molecule has 0 saturated carbocycles. The minimum Gasteiger partial charge on any atom is -0.493 e. The molecule has 3 nitrogen and oxygen atoms in total. The van der Waals surface area contributed by atoms with Gasteiger partial charge in [0.2, 0.25) is 0 Å². The van der Waals surface area contributed by atoms with Crippen molar-refractivity contribution in [3.8, 4) is 5.75 Å². The number of carbonyl (C=O) groups excluding carboxylic acids is 1. The summed E-state index contributed by atoms with van der Waals surface area (Å²) in [7, 11) is 0. The van der Waals surface area contributed by atoms with Crippen molar-refractivity contribution in [2.45, 2.75) is 26.4 Å². The second-order valence-corrected chi connectivity index (χ2v) is 5.82. The van der Waals surface area contributed by atoms with Gasteiger partial charge >= 0.3 is 5.97 Å². The van der Waals surface area contributed by atoms with Gasteiger partial charge in [-0.05, 0) is 30.2 Å². The summed E-state index contributed by atoms with van der Waals surface area (Å²) in [5.74, 6) is 0.186. The van der Waals surface area contributed by atoms with Crippen LogP contribution in [0.25, 0.3) is 0 Å². The fourth-order valence-electron chi connectivity index (χ4n) is 1.91. The van der Waals surface area contributed by atoms with Gasteiger partial charge in [0.1, 0.15) is 17.9 Å². The third kappa shape index (κ3) is 4.88. The first-order valence-corrected chi connectivity index (χ1v) is 8.13. The molecule has 0 aliphatic heterocycles. The lowest BCUT2D eigenvalue weighted by atomic mass is 10.2. The number of unbranched alkanes of at least 4 members (excludes halogenated alkanes) is 1. The average Bonchev–Trinajstić information content (AvgIpc) is 2.55. The molecule has 0 unspecified atom stereocenters. The van der Waals surface area contributed by atoms with Crippen LogP contribution >= 0.6 is 15.9 Å². The number of hydrogen-bond acceptors (Lipinski definition) is 3. The van der Waals surface area contributed by atoms with Gasteiger partial charge in [0.25, 0.3) is 0 Å². The van der Waals surface area contributed by atoms with Crippen LogP contribution < -0.4 is 4.74 Å². The topological polar surface area (TPSA) is 35.5 Å². The van der Waals surface area contributed by atoms with Crippen LogP contribution in [0.15, 0.2) is 53.0 Å². The molecule has 0 bridgehead atoms. The molecule has 2 aromatic carbocycles. The normalized spacial score (nSPS) is 10.3. The smallest absolute Gasteiger partial charge is 0.342 e. The van der Waals surface area contributed by atoms with Crippen LogP contribution in [0, 0.1) is 0 Å². The van der Waals surface area contributed by atoms with Gasteiger partial charge < -0.3 is 9.47 Å². The van der Waals surface area contributed by atoms with Crippen molar-refractivity contribution in [3.63, 3.8) is 0 Å². The molecule has 0 amide bonds. The lowest BCUT2D eigenvalue weighted by Gasteiger charge is -2.11. The Morgan fingerprint density at radius 3 is 2.64 bits per heavy atom. The minimum absolute atomic E-state index is 0.251. The first-order chi connectivity index (χ1) is 10.7. The second kappa shape index (κ2) is 8.59. The van der Waals surface area contributed by atoms with E-state index in [0.717, 1.165) is 22.9 Å². The highest BCUT2D eigenvalue weighted by molar-refractivity contribution is 9.10. The van der Waals surface area contributed by atoms with Crippen LogP contribution in [0.3, 0.4) is 0 Å². The summed E-state index contributed by atoms with van der Waals surface area (Å²) in [4.78, 5) is 12.3. The first-order valence-electron chi connectivity index (χ1n) is 7.34. The van der Waals surface area contributed by atoms with E-state index in [-0.39, 0.29) is 12.6 Å². The van der Waals surface area contributed by atoms with E-state index in [1.165, 1.54) is 0 Å². The monoisotopic (exact) mass is 362 g/mol. The van der Waals surface area contributed by atoms with Crippen LogP contribution in [0.1, 0.15) is 35.7 Å². The summed E-state index contributed by atoms with van der Waals surface area (Å²) in [6.07, 6.45) is 2.00. The van der Waals surface area contributed by atoms with Gasteiger partial charge in [0.15, 0.2) is 0 Å². The van der Waals surface area contributed by atoms with Crippen molar-refractivity contribution in [1.82, 2.24) is 0 Å². The molecule has 0 atom stereocenters. The van der Waals surface area contributed by atoms with E-state index < -0.39 is 0 Å². The quantitative estimate of drug-likeness (QED) is 0.514. The fourth-order valence-corrected chi connectivity index (χ4v) is 2.28. The van der Waals surface area contributed by atoms with Crippen molar-refractivity contribution in [2.24, 2.45) is 0 Å². The van der Waals surface area contributed by atoms with E-state index in [4.69, 9.17) is 9.47 Å². The van der Waals surface area contributed by atoms with Crippen LogP contribution in [0.4, 0.5) is 0 Å². The van der Waals surface area contributed by atoms with Crippen molar-refractivity contribution < 1.29 is 14.3 Å². The third-order valence-electron chi connectivity index (χ3n) is 3.13. The number of ether oxygens (including phenoxy) is 2. The first kappa shape index (κ1) is 16.6. The van der Waals surface area contributed by atoms with E-state index in [9.17, 15) is 4.79 Å². The number of rotatable bonds is 7. The Balaban J connectivity index is 2.05. The predicted molar refractivity (Wildman–Crippen MR) is 90.1 cm³/mol. The predicted octanol–water partition coefficient (Wildman–Crippen LogP) is 4.99. The summed E-state index contributed by atoms with van der Waals surface area (Å²) in [5.41, 5.74) is 1.40. The minimum atomic E-state index is -0.378. The molecular weight excluding hydrogens is 344 g/mol. The van der Waals surface area contributed by atoms with E-state index in [1.807, 2.05) is 36.4 Å².